The van der Waals surface area contributed by atoms with Crippen LogP contribution in [-0.4, -0.2) is 18.3 Å². The van der Waals surface area contributed by atoms with Crippen LogP contribution in [0.2, 0.25) is 0 Å². The molecule has 1 heterocycles. The van der Waals surface area contributed by atoms with Gasteiger partial charge in [-0.2, -0.15) is 0 Å². The lowest BCUT2D eigenvalue weighted by Crippen LogP contribution is -2.41. The summed E-state index contributed by atoms with van der Waals surface area (Å²) < 4.78 is 12.9. The molecule has 1 aliphatic rings. The van der Waals surface area contributed by atoms with E-state index in [2.05, 4.69) is 108 Å². The predicted molar refractivity (Wildman–Crippen MR) is 132 cm³/mol. The lowest BCUT2D eigenvalue weighted by atomic mass is 9.74. The SMILES string of the molecule is Cc1cccc(C)c1-c1ccc2c(c1)cc(B1OC(C)(C)C(C)(C)O1)c1ccccc12. The fraction of sp³-hybridized carbons (Fsp3) is 0.286. The van der Waals surface area contributed by atoms with Gasteiger partial charge in [-0.1, -0.05) is 60.7 Å². The van der Waals surface area contributed by atoms with Gasteiger partial charge in [0, 0.05) is 0 Å². The molecule has 4 aromatic carbocycles. The van der Waals surface area contributed by atoms with Crippen molar-refractivity contribution in [2.75, 3.05) is 0 Å². The van der Waals surface area contributed by atoms with E-state index in [1.807, 2.05) is 0 Å². The van der Waals surface area contributed by atoms with Gasteiger partial charge >= 0.3 is 7.12 Å². The van der Waals surface area contributed by atoms with Crippen molar-refractivity contribution in [2.24, 2.45) is 0 Å². The Morgan fingerprint density at radius 2 is 1.26 bits per heavy atom. The van der Waals surface area contributed by atoms with Crippen LogP contribution in [0.25, 0.3) is 32.7 Å². The van der Waals surface area contributed by atoms with Gasteiger partial charge in [0.1, 0.15) is 0 Å². The Kier molecular flexibility index (Phi) is 4.55. The zero-order valence-corrected chi connectivity index (χ0v) is 19.2. The molecule has 3 heteroatoms. The molecule has 0 aliphatic carbocycles. The summed E-state index contributed by atoms with van der Waals surface area (Å²) in [5, 5.41) is 4.89. The fourth-order valence-electron chi connectivity index (χ4n) is 4.73. The topological polar surface area (TPSA) is 18.5 Å². The van der Waals surface area contributed by atoms with E-state index in [0.717, 1.165) is 5.46 Å². The Hall–Kier alpha value is -2.62. The van der Waals surface area contributed by atoms with Crippen LogP contribution in [0.4, 0.5) is 0 Å². The second kappa shape index (κ2) is 6.95. The molecule has 0 atom stereocenters. The fourth-order valence-corrected chi connectivity index (χ4v) is 4.73. The molecule has 1 saturated heterocycles. The quantitative estimate of drug-likeness (QED) is 0.276. The Balaban J connectivity index is 1.74. The van der Waals surface area contributed by atoms with E-state index in [0.29, 0.717) is 0 Å². The van der Waals surface area contributed by atoms with Crippen molar-refractivity contribution < 1.29 is 9.31 Å². The van der Waals surface area contributed by atoms with Crippen LogP contribution in [0.5, 0.6) is 0 Å². The maximum absolute atomic E-state index is 6.44. The van der Waals surface area contributed by atoms with Crippen LogP contribution >= 0.6 is 0 Å². The first-order valence-electron chi connectivity index (χ1n) is 11.1. The van der Waals surface area contributed by atoms with Crippen LogP contribution in [0.1, 0.15) is 38.8 Å². The zero-order chi connectivity index (χ0) is 22.0. The molecule has 2 nitrogen and oxygen atoms in total. The zero-order valence-electron chi connectivity index (χ0n) is 19.2. The first kappa shape index (κ1) is 20.3. The predicted octanol–water partition coefficient (Wildman–Crippen LogP) is 6.58. The number of fused-ring (bicyclic) bond motifs is 3. The largest absolute Gasteiger partial charge is 0.495 e. The lowest BCUT2D eigenvalue weighted by Gasteiger charge is -2.32. The summed E-state index contributed by atoms with van der Waals surface area (Å²) in [5.41, 5.74) is 5.52. The molecule has 0 bridgehead atoms. The third-order valence-electron chi connectivity index (χ3n) is 7.17. The monoisotopic (exact) mass is 408 g/mol. The van der Waals surface area contributed by atoms with Gasteiger partial charge in [0.15, 0.2) is 0 Å². The third kappa shape index (κ3) is 3.19. The molecule has 156 valence electrons. The minimum Gasteiger partial charge on any atom is -0.399 e. The van der Waals surface area contributed by atoms with Crippen LogP contribution in [0.15, 0.2) is 66.7 Å². The van der Waals surface area contributed by atoms with Crippen molar-refractivity contribution in [1.82, 2.24) is 0 Å². The van der Waals surface area contributed by atoms with E-state index in [1.165, 1.54) is 43.8 Å². The molecule has 0 aromatic heterocycles. The van der Waals surface area contributed by atoms with E-state index in [4.69, 9.17) is 9.31 Å². The highest BCUT2D eigenvalue weighted by Gasteiger charge is 2.52. The Labute approximate surface area is 185 Å². The minimum atomic E-state index is -0.386. The van der Waals surface area contributed by atoms with Gasteiger partial charge in [-0.05, 0) is 96.9 Å². The second-order valence-corrected chi connectivity index (χ2v) is 9.80. The molecule has 5 rings (SSSR count). The van der Waals surface area contributed by atoms with Crippen molar-refractivity contribution >= 4 is 34.1 Å². The summed E-state index contributed by atoms with van der Waals surface area (Å²) >= 11 is 0. The summed E-state index contributed by atoms with van der Waals surface area (Å²) in [6, 6.07) is 24.1. The van der Waals surface area contributed by atoms with Gasteiger partial charge in [0.2, 0.25) is 0 Å². The number of hydrogen-bond donors (Lipinski definition) is 0. The molecular weight excluding hydrogens is 379 g/mol. The Bertz CT molecular complexity index is 1280. The summed E-state index contributed by atoms with van der Waals surface area (Å²) in [5.74, 6) is 0. The van der Waals surface area contributed by atoms with Crippen molar-refractivity contribution in [3.8, 4) is 11.1 Å². The van der Waals surface area contributed by atoms with E-state index < -0.39 is 0 Å². The highest BCUT2D eigenvalue weighted by Crippen LogP contribution is 2.38. The molecular formula is C28H29BO2. The van der Waals surface area contributed by atoms with Gasteiger partial charge in [-0.15, -0.1) is 0 Å². The molecule has 0 unspecified atom stereocenters. The smallest absolute Gasteiger partial charge is 0.399 e. The molecule has 31 heavy (non-hydrogen) atoms. The standard InChI is InChI=1S/C28H29BO2/c1-18-10-9-11-19(2)26(18)20-14-15-22-21(16-20)17-25(24-13-8-7-12-23(22)24)29-30-27(3,4)28(5,6)31-29/h7-17H,1-6H3. The molecule has 0 saturated carbocycles. The van der Waals surface area contributed by atoms with Crippen LogP contribution in [-0.2, 0) is 9.31 Å². The highest BCUT2D eigenvalue weighted by atomic mass is 16.7. The summed E-state index contributed by atoms with van der Waals surface area (Å²) in [6.07, 6.45) is 0. The maximum Gasteiger partial charge on any atom is 0.495 e. The van der Waals surface area contributed by atoms with E-state index in [9.17, 15) is 0 Å². The van der Waals surface area contributed by atoms with Gasteiger partial charge in [0.05, 0.1) is 11.2 Å². The minimum absolute atomic E-state index is 0.367. The maximum atomic E-state index is 6.44. The molecule has 0 radical (unpaired) electrons. The number of aryl methyl sites for hydroxylation is 2. The molecule has 0 spiro atoms. The van der Waals surface area contributed by atoms with Crippen LogP contribution in [0, 0.1) is 13.8 Å². The molecule has 0 amide bonds. The number of hydrogen-bond acceptors (Lipinski definition) is 2. The summed E-state index contributed by atoms with van der Waals surface area (Å²) in [4.78, 5) is 0. The number of benzene rings is 4. The highest BCUT2D eigenvalue weighted by molar-refractivity contribution is 6.65. The summed E-state index contributed by atoms with van der Waals surface area (Å²) in [6.45, 7) is 12.8. The van der Waals surface area contributed by atoms with E-state index in [-0.39, 0.29) is 18.3 Å². The average Bonchev–Trinajstić information content (AvgIpc) is 2.94. The number of rotatable bonds is 2. The molecule has 4 aromatic rings. The van der Waals surface area contributed by atoms with Gasteiger partial charge in [-0.3, -0.25) is 0 Å². The van der Waals surface area contributed by atoms with Crippen molar-refractivity contribution in [3.05, 3.63) is 77.9 Å². The Morgan fingerprint density at radius 3 is 1.90 bits per heavy atom. The normalized spacial score (nSPS) is 17.5. The third-order valence-corrected chi connectivity index (χ3v) is 7.17. The second-order valence-electron chi connectivity index (χ2n) is 9.80. The van der Waals surface area contributed by atoms with Gasteiger partial charge < -0.3 is 9.31 Å². The van der Waals surface area contributed by atoms with Crippen molar-refractivity contribution in [3.63, 3.8) is 0 Å². The lowest BCUT2D eigenvalue weighted by molar-refractivity contribution is 0.00578. The first-order chi connectivity index (χ1) is 14.7. The molecule has 1 fully saturated rings. The van der Waals surface area contributed by atoms with Crippen LogP contribution in [0.3, 0.4) is 0 Å². The van der Waals surface area contributed by atoms with Gasteiger partial charge in [0.25, 0.3) is 0 Å². The van der Waals surface area contributed by atoms with E-state index in [1.54, 1.807) is 0 Å². The van der Waals surface area contributed by atoms with Crippen LogP contribution < -0.4 is 5.46 Å². The van der Waals surface area contributed by atoms with E-state index >= 15 is 0 Å². The van der Waals surface area contributed by atoms with Crippen molar-refractivity contribution in [2.45, 2.75) is 52.7 Å². The van der Waals surface area contributed by atoms with Gasteiger partial charge in [-0.25, -0.2) is 0 Å². The first-order valence-corrected chi connectivity index (χ1v) is 11.1. The van der Waals surface area contributed by atoms with Crippen molar-refractivity contribution in [1.29, 1.82) is 0 Å². The summed E-state index contributed by atoms with van der Waals surface area (Å²) in [7, 11) is -0.386. The molecule has 0 N–H and O–H groups in total. The Morgan fingerprint density at radius 1 is 0.645 bits per heavy atom. The molecule has 1 aliphatic heterocycles. The average molecular weight is 408 g/mol.